The number of rotatable bonds is 5. The monoisotopic (exact) mass is 260 g/mol. The topological polar surface area (TPSA) is 24.9 Å². The van der Waals surface area contributed by atoms with Crippen molar-refractivity contribution in [2.75, 3.05) is 6.54 Å². The van der Waals surface area contributed by atoms with Gasteiger partial charge in [0.05, 0.1) is 5.69 Å². The van der Waals surface area contributed by atoms with Crippen molar-refractivity contribution >= 4 is 11.3 Å². The third-order valence-corrected chi connectivity index (χ3v) is 4.40. The lowest BCUT2D eigenvalue weighted by Crippen LogP contribution is -2.32. The molecule has 2 nitrogen and oxygen atoms in total. The van der Waals surface area contributed by atoms with Gasteiger partial charge in [0.15, 0.2) is 0 Å². The van der Waals surface area contributed by atoms with E-state index in [0.717, 1.165) is 18.8 Å². The van der Waals surface area contributed by atoms with E-state index in [-0.39, 0.29) is 5.41 Å². The highest BCUT2D eigenvalue weighted by Crippen LogP contribution is 2.26. The number of hydrogen-bond acceptors (Lipinski definition) is 3. The van der Waals surface area contributed by atoms with E-state index in [1.165, 1.54) is 10.4 Å². The average Bonchev–Trinajstić information content (AvgIpc) is 2.86. The van der Waals surface area contributed by atoms with Crippen molar-refractivity contribution < 1.29 is 0 Å². The summed E-state index contributed by atoms with van der Waals surface area (Å²) in [5.41, 5.74) is 2.56. The zero-order valence-electron chi connectivity index (χ0n) is 11.2. The molecule has 0 aliphatic carbocycles. The van der Waals surface area contributed by atoms with Gasteiger partial charge in [-0.2, -0.15) is 0 Å². The number of pyridine rings is 1. The first-order valence-electron chi connectivity index (χ1n) is 6.25. The molecule has 0 unspecified atom stereocenters. The first-order valence-corrected chi connectivity index (χ1v) is 7.13. The second-order valence-corrected chi connectivity index (χ2v) is 6.18. The second-order valence-electron chi connectivity index (χ2n) is 5.23. The SMILES string of the molecule is Cc1cccnc1CNCC(C)(C)c1cccs1. The number of aromatic nitrogens is 1. The Hall–Kier alpha value is -1.19. The van der Waals surface area contributed by atoms with E-state index in [4.69, 9.17) is 0 Å². The van der Waals surface area contributed by atoms with Gasteiger partial charge in [0, 0.05) is 29.6 Å². The molecule has 0 aliphatic rings. The van der Waals surface area contributed by atoms with Crippen molar-refractivity contribution in [3.05, 3.63) is 52.0 Å². The van der Waals surface area contributed by atoms with E-state index in [9.17, 15) is 0 Å². The molecule has 0 aliphatic heterocycles. The molecule has 2 aromatic rings. The first kappa shape index (κ1) is 13.2. The van der Waals surface area contributed by atoms with Crippen LogP contribution in [0.5, 0.6) is 0 Å². The van der Waals surface area contributed by atoms with Gasteiger partial charge in [-0.25, -0.2) is 0 Å². The van der Waals surface area contributed by atoms with Gasteiger partial charge in [-0.3, -0.25) is 4.98 Å². The number of hydrogen-bond donors (Lipinski definition) is 1. The summed E-state index contributed by atoms with van der Waals surface area (Å²) < 4.78 is 0. The highest BCUT2D eigenvalue weighted by Gasteiger charge is 2.21. The van der Waals surface area contributed by atoms with Crippen LogP contribution in [-0.2, 0) is 12.0 Å². The predicted molar refractivity (Wildman–Crippen MR) is 78.0 cm³/mol. The second kappa shape index (κ2) is 5.63. The maximum absolute atomic E-state index is 4.40. The fourth-order valence-electron chi connectivity index (χ4n) is 1.95. The van der Waals surface area contributed by atoms with Crippen molar-refractivity contribution in [3.8, 4) is 0 Å². The zero-order valence-corrected chi connectivity index (χ0v) is 12.1. The highest BCUT2D eigenvalue weighted by atomic mass is 32.1. The van der Waals surface area contributed by atoms with E-state index >= 15 is 0 Å². The molecule has 0 bridgehead atoms. The number of thiophene rings is 1. The zero-order chi connectivity index (χ0) is 13.0. The van der Waals surface area contributed by atoms with Crippen LogP contribution in [0.2, 0.25) is 0 Å². The summed E-state index contributed by atoms with van der Waals surface area (Å²) in [7, 11) is 0. The van der Waals surface area contributed by atoms with Gasteiger partial charge in [-0.15, -0.1) is 11.3 Å². The number of aryl methyl sites for hydroxylation is 1. The van der Waals surface area contributed by atoms with E-state index in [1.54, 1.807) is 0 Å². The quantitative estimate of drug-likeness (QED) is 0.889. The van der Waals surface area contributed by atoms with Crippen LogP contribution in [0.15, 0.2) is 35.8 Å². The van der Waals surface area contributed by atoms with Crippen LogP contribution in [0.25, 0.3) is 0 Å². The summed E-state index contributed by atoms with van der Waals surface area (Å²) in [5.74, 6) is 0. The van der Waals surface area contributed by atoms with E-state index in [0.29, 0.717) is 0 Å². The Labute approximate surface area is 113 Å². The molecule has 0 saturated heterocycles. The summed E-state index contributed by atoms with van der Waals surface area (Å²) >= 11 is 1.82. The minimum Gasteiger partial charge on any atom is -0.310 e. The van der Waals surface area contributed by atoms with Gasteiger partial charge in [0.25, 0.3) is 0 Å². The Bertz CT molecular complexity index is 489. The molecule has 0 radical (unpaired) electrons. The third kappa shape index (κ3) is 3.18. The minimum absolute atomic E-state index is 0.177. The largest absolute Gasteiger partial charge is 0.310 e. The average molecular weight is 260 g/mol. The van der Waals surface area contributed by atoms with Crippen LogP contribution >= 0.6 is 11.3 Å². The summed E-state index contributed by atoms with van der Waals surface area (Å²) in [6.45, 7) is 8.45. The molecule has 0 fully saturated rings. The lowest BCUT2D eigenvalue weighted by Gasteiger charge is -2.23. The van der Waals surface area contributed by atoms with E-state index < -0.39 is 0 Å². The van der Waals surface area contributed by atoms with Crippen molar-refractivity contribution in [2.45, 2.75) is 32.7 Å². The van der Waals surface area contributed by atoms with Gasteiger partial charge < -0.3 is 5.32 Å². The van der Waals surface area contributed by atoms with Gasteiger partial charge >= 0.3 is 0 Å². The lowest BCUT2D eigenvalue weighted by molar-refractivity contribution is 0.474. The van der Waals surface area contributed by atoms with E-state index in [1.807, 2.05) is 23.6 Å². The highest BCUT2D eigenvalue weighted by molar-refractivity contribution is 7.10. The minimum atomic E-state index is 0.177. The molecule has 2 aromatic heterocycles. The Morgan fingerprint density at radius 1 is 1.28 bits per heavy atom. The molecule has 18 heavy (non-hydrogen) atoms. The molecule has 1 N–H and O–H groups in total. The van der Waals surface area contributed by atoms with Crippen molar-refractivity contribution in [2.24, 2.45) is 0 Å². The van der Waals surface area contributed by atoms with Crippen LogP contribution in [0.4, 0.5) is 0 Å². The van der Waals surface area contributed by atoms with Gasteiger partial charge in [-0.1, -0.05) is 26.0 Å². The van der Waals surface area contributed by atoms with Gasteiger partial charge in [0.2, 0.25) is 0 Å². The molecule has 0 amide bonds. The molecule has 3 heteroatoms. The Morgan fingerprint density at radius 2 is 2.11 bits per heavy atom. The fraction of sp³-hybridized carbons (Fsp3) is 0.400. The van der Waals surface area contributed by atoms with Crippen molar-refractivity contribution in [1.82, 2.24) is 10.3 Å². The summed E-state index contributed by atoms with van der Waals surface area (Å²) in [4.78, 5) is 5.82. The molecule has 0 atom stereocenters. The van der Waals surface area contributed by atoms with Crippen LogP contribution in [0.1, 0.15) is 30.0 Å². The van der Waals surface area contributed by atoms with Crippen molar-refractivity contribution in [3.63, 3.8) is 0 Å². The molecule has 2 heterocycles. The number of nitrogens with zero attached hydrogens (tertiary/aromatic N) is 1. The summed E-state index contributed by atoms with van der Waals surface area (Å²) in [5, 5.41) is 5.65. The van der Waals surface area contributed by atoms with Gasteiger partial charge in [-0.05, 0) is 30.0 Å². The normalized spacial score (nSPS) is 11.7. The maximum atomic E-state index is 4.40. The summed E-state index contributed by atoms with van der Waals surface area (Å²) in [6.07, 6.45) is 1.86. The van der Waals surface area contributed by atoms with Crippen molar-refractivity contribution in [1.29, 1.82) is 0 Å². The lowest BCUT2D eigenvalue weighted by atomic mass is 9.91. The van der Waals surface area contributed by atoms with Gasteiger partial charge in [0.1, 0.15) is 0 Å². The maximum Gasteiger partial charge on any atom is 0.0570 e. The third-order valence-electron chi connectivity index (χ3n) is 3.17. The van der Waals surface area contributed by atoms with Crippen LogP contribution in [0.3, 0.4) is 0 Å². The molecular formula is C15H20N2S. The van der Waals surface area contributed by atoms with E-state index in [2.05, 4.69) is 54.7 Å². The molecule has 96 valence electrons. The molecule has 0 saturated carbocycles. The predicted octanol–water partition coefficient (Wildman–Crippen LogP) is 3.52. The molecule has 0 aromatic carbocycles. The first-order chi connectivity index (χ1) is 8.59. The van der Waals surface area contributed by atoms with Crippen LogP contribution in [0, 0.1) is 6.92 Å². The van der Waals surface area contributed by atoms with Crippen LogP contribution in [-0.4, -0.2) is 11.5 Å². The Balaban J connectivity index is 1.91. The Morgan fingerprint density at radius 3 is 2.78 bits per heavy atom. The smallest absolute Gasteiger partial charge is 0.0570 e. The van der Waals surface area contributed by atoms with Crippen LogP contribution < -0.4 is 5.32 Å². The number of nitrogens with one attached hydrogen (secondary N) is 1. The Kier molecular flexibility index (Phi) is 4.15. The summed E-state index contributed by atoms with van der Waals surface area (Å²) in [6, 6.07) is 8.41. The molecule has 0 spiro atoms. The fourth-order valence-corrected chi connectivity index (χ4v) is 2.80. The standard InChI is InChI=1S/C15H20N2S/c1-12-6-4-8-17-13(12)10-16-11-15(2,3)14-7-5-9-18-14/h4-9,16H,10-11H2,1-3H3. The molecule has 2 rings (SSSR count). The molecular weight excluding hydrogens is 240 g/mol.